The van der Waals surface area contributed by atoms with Crippen LogP contribution in [0.3, 0.4) is 0 Å². The number of anilines is 2. The summed E-state index contributed by atoms with van der Waals surface area (Å²) in [5, 5.41) is 17.5. The van der Waals surface area contributed by atoms with E-state index in [9.17, 15) is 26.3 Å². The van der Waals surface area contributed by atoms with Gasteiger partial charge in [-0.2, -0.15) is 8.42 Å². The number of sulfone groups is 1. The van der Waals surface area contributed by atoms with Gasteiger partial charge in [-0.15, -0.1) is 0 Å². The molecule has 0 spiro atoms. The number of nitrogens with one attached hydrogen (secondary N) is 2. The first-order valence-electron chi connectivity index (χ1n) is 15.5. The van der Waals surface area contributed by atoms with Gasteiger partial charge in [0.25, 0.3) is 10.1 Å². The maximum Gasteiger partial charge on any atom is 0.294 e. The second-order valence-corrected chi connectivity index (χ2v) is 15.2. The molecule has 13 nitrogen and oxygen atoms in total. The number of benzene rings is 4. The molecule has 16 heteroatoms. The largest absolute Gasteiger partial charge is 0.504 e. The lowest BCUT2D eigenvalue weighted by Gasteiger charge is -2.12. The molecular weight excluding hydrogens is 716 g/mol. The first kappa shape index (κ1) is 39.4. The number of fused-ring (bicyclic) bond motifs is 1. The molecule has 6 N–H and O–H groups in total. The number of phenolic OH excluding ortho intramolecular Hbond substituents is 1. The van der Waals surface area contributed by atoms with Crippen molar-refractivity contribution in [1.82, 2.24) is 15.3 Å². The first-order chi connectivity index (χ1) is 24.2. The Balaban J connectivity index is 0.000000433. The number of hydrogen-bond donors (Lipinski definition) is 4. The molecule has 0 fully saturated rings. The van der Waals surface area contributed by atoms with Crippen molar-refractivity contribution < 1.29 is 45.5 Å². The summed E-state index contributed by atoms with van der Waals surface area (Å²) in [5.41, 5.74) is 3.72. The zero-order chi connectivity index (χ0) is 36.6. The molecule has 0 bridgehead atoms. The lowest BCUT2D eigenvalue weighted by Crippen LogP contribution is -2.21. The minimum Gasteiger partial charge on any atom is -0.504 e. The van der Waals surface area contributed by atoms with Gasteiger partial charge in [-0.05, 0) is 79.2 Å². The van der Waals surface area contributed by atoms with Gasteiger partial charge < -0.3 is 30.4 Å². The highest BCUT2D eigenvalue weighted by atomic mass is 32.2. The van der Waals surface area contributed by atoms with Crippen molar-refractivity contribution >= 4 is 42.4 Å². The molecule has 52 heavy (non-hydrogen) atoms. The lowest BCUT2D eigenvalue weighted by molar-refractivity contribution is 0.288. The number of nitrogens with zero attached hydrogens (tertiary/aromatic N) is 2. The van der Waals surface area contributed by atoms with Gasteiger partial charge in [0.1, 0.15) is 45.9 Å². The summed E-state index contributed by atoms with van der Waals surface area (Å²) in [6, 6.07) is 26.3. The number of rotatable bonds is 12. The van der Waals surface area contributed by atoms with Crippen LogP contribution in [-0.4, -0.2) is 60.5 Å². The summed E-state index contributed by atoms with van der Waals surface area (Å²) >= 11 is 0. The van der Waals surface area contributed by atoms with Crippen molar-refractivity contribution in [2.45, 2.75) is 25.0 Å². The fraction of sp³-hybridized carbons (Fsp3) is 0.167. The average Bonchev–Trinajstić information content (AvgIpc) is 3.55. The van der Waals surface area contributed by atoms with Crippen molar-refractivity contribution in [1.29, 1.82) is 0 Å². The van der Waals surface area contributed by atoms with Crippen LogP contribution >= 0.6 is 0 Å². The number of phenols is 1. The maximum atomic E-state index is 13.4. The quantitative estimate of drug-likeness (QED) is 0.0888. The van der Waals surface area contributed by atoms with Crippen LogP contribution in [-0.2, 0) is 33.1 Å². The Bertz CT molecular complexity index is 2350. The van der Waals surface area contributed by atoms with Crippen LogP contribution < -0.4 is 15.4 Å². The zero-order valence-corrected chi connectivity index (χ0v) is 29.7. The molecule has 0 aliphatic heterocycles. The van der Waals surface area contributed by atoms with Crippen molar-refractivity contribution in [3.05, 3.63) is 126 Å². The van der Waals surface area contributed by atoms with Crippen LogP contribution in [0.2, 0.25) is 0 Å². The molecule has 0 atom stereocenters. The maximum absolute atomic E-state index is 13.4. The van der Waals surface area contributed by atoms with Crippen LogP contribution in [0.4, 0.5) is 15.9 Å². The third-order valence-electron chi connectivity index (χ3n) is 7.35. The summed E-state index contributed by atoms with van der Waals surface area (Å²) in [6.45, 7) is 2.70. The molecule has 0 saturated heterocycles. The van der Waals surface area contributed by atoms with E-state index in [1.165, 1.54) is 42.9 Å². The highest BCUT2D eigenvalue weighted by Gasteiger charge is 2.12. The van der Waals surface area contributed by atoms with Gasteiger partial charge in [0, 0.05) is 35.5 Å². The molecule has 0 aliphatic carbocycles. The Kier molecular flexibility index (Phi) is 13.0. The van der Waals surface area contributed by atoms with Gasteiger partial charge in [0.15, 0.2) is 11.5 Å². The smallest absolute Gasteiger partial charge is 0.294 e. The number of aryl methyl sites for hydroxylation is 1. The van der Waals surface area contributed by atoms with Crippen molar-refractivity contribution in [2.24, 2.45) is 0 Å². The number of ether oxygens (including phenoxy) is 1. The number of halogens is 1. The Morgan fingerprint density at radius 2 is 1.67 bits per heavy atom. The van der Waals surface area contributed by atoms with Gasteiger partial charge in [-0.3, -0.25) is 4.55 Å². The van der Waals surface area contributed by atoms with E-state index in [2.05, 4.69) is 20.6 Å². The predicted molar refractivity (Wildman–Crippen MR) is 195 cm³/mol. The minimum absolute atomic E-state index is 0. The molecule has 274 valence electrons. The first-order valence-corrected chi connectivity index (χ1v) is 19.0. The highest BCUT2D eigenvalue weighted by Crippen LogP contribution is 2.33. The van der Waals surface area contributed by atoms with E-state index in [1.54, 1.807) is 36.4 Å². The second kappa shape index (κ2) is 17.2. The van der Waals surface area contributed by atoms with Crippen LogP contribution in [0.1, 0.15) is 16.9 Å². The third-order valence-corrected chi connectivity index (χ3v) is 9.17. The molecule has 6 rings (SSSR count). The molecular formula is C36H37FN4O9S2. The third kappa shape index (κ3) is 11.3. The standard InChI is InChI=1S/C29H27FN4O5S.C7H8O3S.H2O/c1-40(36,37)12-11-31-16-23-7-10-27(39-23)20-5-8-25-24(14-20)29(33-18-32-25)34-22-6-9-28(26(35)15-22)38-17-19-3-2-4-21(30)13-19;1-6-2-4-7(5-3-6)11(8,9)10;/h2-10,13-15,18,31,35H,11-12,16-17H2,1H3,(H,32,33,34);2-5H,1H3,(H,8,9,10);1H2. The molecule has 4 aromatic carbocycles. The van der Waals surface area contributed by atoms with Crippen LogP contribution in [0.15, 0.2) is 113 Å². The molecule has 0 saturated carbocycles. The highest BCUT2D eigenvalue weighted by molar-refractivity contribution is 7.90. The summed E-state index contributed by atoms with van der Waals surface area (Å²) in [5.74, 6) is 1.77. The van der Waals surface area contributed by atoms with Crippen LogP contribution in [0.5, 0.6) is 11.5 Å². The average molecular weight is 753 g/mol. The Hall–Kier alpha value is -5.39. The normalized spacial score (nSPS) is 11.3. The fourth-order valence-corrected chi connectivity index (χ4v) is 5.75. The molecule has 2 heterocycles. The molecule has 0 unspecified atom stereocenters. The number of furan rings is 1. The van der Waals surface area contributed by atoms with E-state index in [1.807, 2.05) is 37.3 Å². The van der Waals surface area contributed by atoms with E-state index in [0.717, 1.165) is 22.0 Å². The van der Waals surface area contributed by atoms with Crippen LogP contribution in [0.25, 0.3) is 22.2 Å². The zero-order valence-electron chi connectivity index (χ0n) is 28.1. The Morgan fingerprint density at radius 3 is 2.37 bits per heavy atom. The monoisotopic (exact) mass is 752 g/mol. The lowest BCUT2D eigenvalue weighted by atomic mass is 10.1. The van der Waals surface area contributed by atoms with Gasteiger partial charge in [0.2, 0.25) is 0 Å². The second-order valence-electron chi connectivity index (χ2n) is 11.5. The fourth-order valence-electron chi connectivity index (χ4n) is 4.76. The van der Waals surface area contributed by atoms with Gasteiger partial charge in [-0.25, -0.2) is 22.8 Å². The van der Waals surface area contributed by atoms with Crippen molar-refractivity contribution in [2.75, 3.05) is 23.9 Å². The summed E-state index contributed by atoms with van der Waals surface area (Å²) < 4.78 is 77.2. The molecule has 2 aromatic heterocycles. The number of aromatic hydroxyl groups is 1. The number of hydrogen-bond acceptors (Lipinski definition) is 11. The topological polar surface area (TPSA) is 212 Å². The van der Waals surface area contributed by atoms with Crippen molar-refractivity contribution in [3.8, 4) is 22.8 Å². The molecule has 0 radical (unpaired) electrons. The number of aromatic nitrogens is 2. The van der Waals surface area contributed by atoms with E-state index in [-0.39, 0.29) is 40.0 Å². The predicted octanol–water partition coefficient (Wildman–Crippen LogP) is 5.61. The van der Waals surface area contributed by atoms with Crippen LogP contribution in [0, 0.1) is 12.7 Å². The SMILES string of the molecule is CS(=O)(=O)CCNCc1ccc(-c2ccc3ncnc(Nc4ccc(OCc5cccc(F)c5)c(O)c4)c3c2)o1.Cc1ccc(S(=O)(=O)O)cc1.O. The molecule has 6 aromatic rings. The molecule has 0 amide bonds. The molecule has 0 aliphatic rings. The Morgan fingerprint density at radius 1 is 0.904 bits per heavy atom. The van der Waals surface area contributed by atoms with E-state index >= 15 is 0 Å². The van der Waals surface area contributed by atoms with E-state index in [4.69, 9.17) is 13.7 Å². The van der Waals surface area contributed by atoms with Gasteiger partial charge in [-0.1, -0.05) is 29.8 Å². The van der Waals surface area contributed by atoms with E-state index < -0.39 is 20.0 Å². The summed E-state index contributed by atoms with van der Waals surface area (Å²) in [7, 11) is -7.05. The Labute approximate surface area is 300 Å². The van der Waals surface area contributed by atoms with Gasteiger partial charge >= 0.3 is 0 Å². The van der Waals surface area contributed by atoms with Gasteiger partial charge in [0.05, 0.1) is 22.7 Å². The summed E-state index contributed by atoms with van der Waals surface area (Å²) in [4.78, 5) is 8.67. The van der Waals surface area contributed by atoms with Crippen molar-refractivity contribution in [3.63, 3.8) is 0 Å². The summed E-state index contributed by atoms with van der Waals surface area (Å²) in [6.07, 6.45) is 2.66. The minimum atomic E-state index is -4.02. The van der Waals surface area contributed by atoms with E-state index in [0.29, 0.717) is 41.7 Å².